The molecule has 1 aromatic heterocycles. The summed E-state index contributed by atoms with van der Waals surface area (Å²) in [7, 11) is 0. The van der Waals surface area contributed by atoms with E-state index in [1.165, 1.54) is 4.88 Å². The maximum Gasteiger partial charge on any atom is 0.191 e. The van der Waals surface area contributed by atoms with Gasteiger partial charge in [-0.1, -0.05) is 25.1 Å². The van der Waals surface area contributed by atoms with E-state index in [0.29, 0.717) is 13.2 Å². The second-order valence-corrected chi connectivity index (χ2v) is 6.83. The van der Waals surface area contributed by atoms with Crippen LogP contribution in [0.25, 0.3) is 0 Å². The molecule has 1 aromatic carbocycles. The summed E-state index contributed by atoms with van der Waals surface area (Å²) in [5.41, 5.74) is 1.15. The Kier molecular flexibility index (Phi) is 8.25. The van der Waals surface area contributed by atoms with Crippen molar-refractivity contribution in [2.75, 3.05) is 26.2 Å². The number of thiazole rings is 1. The van der Waals surface area contributed by atoms with Gasteiger partial charge in [0.15, 0.2) is 5.96 Å². The fraction of sp³-hybridized carbons (Fsp3) is 0.474. The van der Waals surface area contributed by atoms with E-state index in [4.69, 9.17) is 4.74 Å². The van der Waals surface area contributed by atoms with Gasteiger partial charge in [-0.3, -0.25) is 4.99 Å². The summed E-state index contributed by atoms with van der Waals surface area (Å²) in [6, 6.07) is 8.05. The lowest BCUT2D eigenvalue weighted by Gasteiger charge is -2.12. The molecule has 0 radical (unpaired) electrons. The third-order valence-electron chi connectivity index (χ3n) is 3.64. The Bertz CT molecular complexity index is 669. The van der Waals surface area contributed by atoms with Gasteiger partial charge >= 0.3 is 0 Å². The fourth-order valence-electron chi connectivity index (χ4n) is 2.28. The molecule has 0 spiro atoms. The number of aryl methyl sites for hydroxylation is 2. The van der Waals surface area contributed by atoms with Crippen molar-refractivity contribution in [2.24, 2.45) is 4.99 Å². The van der Waals surface area contributed by atoms with E-state index < -0.39 is 0 Å². The van der Waals surface area contributed by atoms with Crippen molar-refractivity contribution in [3.8, 4) is 5.75 Å². The quantitative estimate of drug-likeness (QED) is 0.410. The van der Waals surface area contributed by atoms with Crippen LogP contribution >= 0.6 is 11.3 Å². The highest BCUT2D eigenvalue weighted by Crippen LogP contribution is 2.15. The van der Waals surface area contributed by atoms with Crippen molar-refractivity contribution in [1.29, 1.82) is 0 Å². The highest BCUT2D eigenvalue weighted by molar-refractivity contribution is 7.11. The number of benzene rings is 1. The Morgan fingerprint density at radius 3 is 2.80 bits per heavy atom. The summed E-state index contributed by atoms with van der Waals surface area (Å²) in [5, 5.41) is 7.72. The van der Waals surface area contributed by atoms with E-state index in [1.807, 2.05) is 24.4 Å². The molecule has 0 saturated heterocycles. The average Bonchev–Trinajstić information content (AvgIpc) is 3.08. The van der Waals surface area contributed by atoms with Crippen LogP contribution < -0.4 is 15.4 Å². The smallest absolute Gasteiger partial charge is 0.191 e. The minimum Gasteiger partial charge on any atom is -0.491 e. The molecule has 0 amide bonds. The van der Waals surface area contributed by atoms with Crippen molar-refractivity contribution in [1.82, 2.24) is 15.6 Å². The van der Waals surface area contributed by atoms with Crippen LogP contribution in [0.4, 0.5) is 0 Å². The second kappa shape index (κ2) is 10.7. The average molecular weight is 361 g/mol. The van der Waals surface area contributed by atoms with Gasteiger partial charge in [-0.05, 0) is 31.9 Å². The Labute approximate surface area is 154 Å². The van der Waals surface area contributed by atoms with Crippen molar-refractivity contribution in [2.45, 2.75) is 33.6 Å². The number of ether oxygens (including phenoxy) is 1. The zero-order chi connectivity index (χ0) is 17.9. The van der Waals surface area contributed by atoms with Gasteiger partial charge in [0.1, 0.15) is 12.4 Å². The van der Waals surface area contributed by atoms with E-state index >= 15 is 0 Å². The van der Waals surface area contributed by atoms with Gasteiger partial charge in [-0.15, -0.1) is 11.3 Å². The van der Waals surface area contributed by atoms with E-state index in [1.54, 1.807) is 11.3 Å². The molecule has 0 aliphatic carbocycles. The summed E-state index contributed by atoms with van der Waals surface area (Å²) in [4.78, 5) is 10.4. The lowest BCUT2D eigenvalue weighted by molar-refractivity contribution is 0.320. The van der Waals surface area contributed by atoms with Gasteiger partial charge in [0, 0.05) is 30.6 Å². The molecule has 0 aliphatic rings. The first-order valence-electron chi connectivity index (χ1n) is 8.87. The van der Waals surface area contributed by atoms with Crippen LogP contribution in [0.2, 0.25) is 0 Å². The Morgan fingerprint density at radius 1 is 1.24 bits per heavy atom. The minimum atomic E-state index is 0.599. The van der Waals surface area contributed by atoms with Crippen LogP contribution in [0.3, 0.4) is 0 Å². The Morgan fingerprint density at radius 2 is 2.08 bits per heavy atom. The lowest BCUT2D eigenvalue weighted by Crippen LogP contribution is -2.39. The molecule has 0 unspecified atom stereocenters. The molecule has 6 heteroatoms. The first kappa shape index (κ1) is 19.2. The topological polar surface area (TPSA) is 58.5 Å². The van der Waals surface area contributed by atoms with Crippen molar-refractivity contribution in [3.63, 3.8) is 0 Å². The predicted molar refractivity (Wildman–Crippen MR) is 106 cm³/mol. The zero-order valence-electron chi connectivity index (χ0n) is 15.3. The van der Waals surface area contributed by atoms with Crippen LogP contribution in [-0.2, 0) is 12.8 Å². The van der Waals surface area contributed by atoms with Crippen molar-refractivity contribution < 1.29 is 4.74 Å². The highest BCUT2D eigenvalue weighted by Gasteiger charge is 2.02. The third kappa shape index (κ3) is 6.74. The number of nitrogens with zero attached hydrogens (tertiary/aromatic N) is 2. The molecule has 0 bridgehead atoms. The van der Waals surface area contributed by atoms with Crippen LogP contribution in [-0.4, -0.2) is 37.2 Å². The van der Waals surface area contributed by atoms with E-state index in [2.05, 4.69) is 47.4 Å². The number of hydrogen-bond acceptors (Lipinski definition) is 4. The van der Waals surface area contributed by atoms with Crippen molar-refractivity contribution >= 4 is 17.3 Å². The molecule has 0 atom stereocenters. The monoisotopic (exact) mass is 360 g/mol. The summed E-state index contributed by atoms with van der Waals surface area (Å²) in [5.74, 6) is 1.75. The van der Waals surface area contributed by atoms with Crippen LogP contribution in [0, 0.1) is 6.92 Å². The molecule has 2 aromatic rings. The predicted octanol–water partition coefficient (Wildman–Crippen LogP) is 3.19. The molecule has 2 rings (SSSR count). The normalized spacial score (nSPS) is 11.4. The summed E-state index contributed by atoms with van der Waals surface area (Å²) >= 11 is 1.78. The maximum atomic E-state index is 5.80. The molecule has 136 valence electrons. The first-order valence-corrected chi connectivity index (χ1v) is 9.68. The number of rotatable bonds is 9. The lowest BCUT2D eigenvalue weighted by atomic mass is 10.2. The largest absolute Gasteiger partial charge is 0.491 e. The van der Waals surface area contributed by atoms with Crippen LogP contribution in [0.5, 0.6) is 5.75 Å². The van der Waals surface area contributed by atoms with Crippen molar-refractivity contribution in [3.05, 3.63) is 45.9 Å². The fourth-order valence-corrected chi connectivity index (χ4v) is 3.13. The molecule has 0 aliphatic heterocycles. The molecule has 0 saturated carbocycles. The molecule has 0 fully saturated rings. The number of aromatic nitrogens is 1. The molecular formula is C19H28N4OS. The number of aliphatic imine (C=N–C) groups is 1. The first-order chi connectivity index (χ1) is 12.2. The summed E-state index contributed by atoms with van der Waals surface area (Å²) < 4.78 is 5.80. The number of guanidine groups is 1. The van der Waals surface area contributed by atoms with Gasteiger partial charge in [0.2, 0.25) is 0 Å². The van der Waals surface area contributed by atoms with Gasteiger partial charge < -0.3 is 15.4 Å². The SMILES string of the molecule is CCNC(=NCCc1ncc(CC)s1)NCCOc1ccccc1C. The maximum absolute atomic E-state index is 5.80. The third-order valence-corrected chi connectivity index (χ3v) is 4.84. The summed E-state index contributed by atoms with van der Waals surface area (Å²) in [6.07, 6.45) is 3.89. The van der Waals surface area contributed by atoms with Gasteiger partial charge in [0.25, 0.3) is 0 Å². The standard InChI is InChI=1S/C19H28N4OS/c1-4-16-14-23-18(25-16)10-11-21-19(20-5-2)22-12-13-24-17-9-7-6-8-15(17)3/h6-9,14H,4-5,10-13H2,1-3H3,(H2,20,21,22). The molecule has 25 heavy (non-hydrogen) atoms. The summed E-state index contributed by atoms with van der Waals surface area (Å²) in [6.45, 7) is 9.14. The van der Waals surface area contributed by atoms with E-state index in [9.17, 15) is 0 Å². The van der Waals surface area contributed by atoms with Gasteiger partial charge in [-0.2, -0.15) is 0 Å². The van der Waals surface area contributed by atoms with E-state index in [0.717, 1.165) is 48.2 Å². The van der Waals surface area contributed by atoms with Crippen LogP contribution in [0.1, 0.15) is 29.3 Å². The minimum absolute atomic E-state index is 0.599. The van der Waals surface area contributed by atoms with Gasteiger partial charge in [0.05, 0.1) is 11.6 Å². The number of nitrogens with one attached hydrogen (secondary N) is 2. The molecule has 5 nitrogen and oxygen atoms in total. The Hall–Kier alpha value is -2.08. The molecule has 2 N–H and O–H groups in total. The highest BCUT2D eigenvalue weighted by atomic mass is 32.1. The number of para-hydroxylation sites is 1. The number of hydrogen-bond donors (Lipinski definition) is 2. The van der Waals surface area contributed by atoms with Gasteiger partial charge in [-0.25, -0.2) is 4.98 Å². The second-order valence-electron chi connectivity index (χ2n) is 5.63. The Balaban J connectivity index is 1.74. The van der Waals surface area contributed by atoms with Crippen LogP contribution in [0.15, 0.2) is 35.5 Å². The molecule has 1 heterocycles. The zero-order valence-corrected chi connectivity index (χ0v) is 16.2. The van der Waals surface area contributed by atoms with E-state index in [-0.39, 0.29) is 0 Å². The molecular weight excluding hydrogens is 332 g/mol.